The van der Waals surface area contributed by atoms with Gasteiger partial charge in [-0.2, -0.15) is 11.1 Å². The molecule has 0 radical (unpaired) electrons. The van der Waals surface area contributed by atoms with Crippen LogP contribution in [-0.2, 0) is 34.6 Å². The molecule has 0 spiro atoms. The molecule has 3 unspecified atom stereocenters. The van der Waals surface area contributed by atoms with Crippen LogP contribution in [0.25, 0.3) is 0 Å². The van der Waals surface area contributed by atoms with Gasteiger partial charge >= 0.3 is 21.7 Å². The number of hydrogen-bond acceptors (Lipinski definition) is 0. The van der Waals surface area contributed by atoms with Crippen molar-refractivity contribution < 1.29 is 58.9 Å². The molecule has 5 heteroatoms. The third-order valence-corrected chi connectivity index (χ3v) is 14.4. The Hall–Kier alpha value is -0.279. The summed E-state index contributed by atoms with van der Waals surface area (Å²) in [7, 11) is -2.27. The van der Waals surface area contributed by atoms with Gasteiger partial charge in [0, 0.05) is 0 Å². The summed E-state index contributed by atoms with van der Waals surface area (Å²) in [6.45, 7) is 18.9. The molecule has 0 N–H and O–H groups in total. The first-order chi connectivity index (χ1) is 14.3. The summed E-state index contributed by atoms with van der Waals surface area (Å²) < 4.78 is 0. The van der Waals surface area contributed by atoms with Crippen LogP contribution in [-0.4, -0.2) is 8.07 Å². The minimum atomic E-state index is -2.27. The van der Waals surface area contributed by atoms with Crippen LogP contribution in [0.1, 0.15) is 72.9 Å². The first-order valence-corrected chi connectivity index (χ1v) is 13.8. The Morgan fingerprint density at radius 1 is 0.824 bits per heavy atom. The van der Waals surface area contributed by atoms with E-state index in [9.17, 15) is 0 Å². The largest absolute Gasteiger partial charge is 4.00 e. The molecule has 3 rings (SSSR count). The summed E-state index contributed by atoms with van der Waals surface area (Å²) >= 11 is 0. The Kier molecular flexibility index (Phi) is 15.3. The van der Waals surface area contributed by atoms with E-state index in [2.05, 4.69) is 110 Å². The number of halogens is 3. The molecule has 0 heterocycles. The number of rotatable bonds is 7. The van der Waals surface area contributed by atoms with E-state index < -0.39 is 8.07 Å². The molecule has 184 valence electrons. The smallest absolute Gasteiger partial charge is 1.00 e. The third kappa shape index (κ3) is 5.82. The van der Waals surface area contributed by atoms with Gasteiger partial charge in [-0.3, -0.25) is 6.08 Å². The van der Waals surface area contributed by atoms with Crippen molar-refractivity contribution in [3.05, 3.63) is 82.5 Å². The van der Waals surface area contributed by atoms with E-state index in [0.717, 1.165) is 12.8 Å². The van der Waals surface area contributed by atoms with Crippen molar-refractivity contribution in [3.8, 4) is 0 Å². The van der Waals surface area contributed by atoms with E-state index in [1.165, 1.54) is 34.3 Å². The normalized spacial score (nSPS) is 19.5. The van der Waals surface area contributed by atoms with E-state index in [-0.39, 0.29) is 64.0 Å². The van der Waals surface area contributed by atoms with Crippen LogP contribution >= 0.6 is 0 Å². The fourth-order valence-electron chi connectivity index (χ4n) is 5.82. The van der Waals surface area contributed by atoms with Gasteiger partial charge in [0.1, 0.15) is 8.07 Å². The molecule has 2 aromatic rings. The van der Waals surface area contributed by atoms with Gasteiger partial charge in [-0.1, -0.05) is 119 Å². The molecule has 0 aromatic heterocycles. The molecule has 0 bridgehead atoms. The van der Waals surface area contributed by atoms with E-state index in [1.54, 1.807) is 10.4 Å². The Labute approximate surface area is 243 Å². The Balaban J connectivity index is 0. The second-order valence-corrected chi connectivity index (χ2v) is 14.1. The van der Waals surface area contributed by atoms with E-state index >= 15 is 0 Å². The summed E-state index contributed by atoms with van der Waals surface area (Å²) in [6.07, 6.45) is 7.42. The molecule has 34 heavy (non-hydrogen) atoms. The second-order valence-electron chi connectivity index (χ2n) is 9.35. The van der Waals surface area contributed by atoms with Crippen molar-refractivity contribution >= 4 is 18.4 Å². The Morgan fingerprint density at radius 2 is 1.32 bits per heavy atom. The molecular weight excluding hydrogens is 531 g/mol. The van der Waals surface area contributed by atoms with Gasteiger partial charge in [0.15, 0.2) is 0 Å². The van der Waals surface area contributed by atoms with E-state index in [0.29, 0.717) is 5.54 Å². The summed E-state index contributed by atoms with van der Waals surface area (Å²) in [4.78, 5) is 0. The van der Waals surface area contributed by atoms with Crippen LogP contribution < -0.4 is 47.6 Å². The van der Waals surface area contributed by atoms with E-state index in [4.69, 9.17) is 0 Å². The third-order valence-electron chi connectivity index (χ3n) is 8.01. The number of benzene rings is 2. The zero-order valence-electron chi connectivity index (χ0n) is 22.0. The number of aryl methyl sites for hydroxylation is 2. The van der Waals surface area contributed by atoms with Crippen molar-refractivity contribution in [2.45, 2.75) is 85.2 Å². The number of allylic oxidation sites excluding steroid dienone is 4. The quantitative estimate of drug-likeness (QED) is 0.269. The molecule has 0 saturated carbocycles. The molecule has 0 amide bonds. The molecule has 1 aliphatic carbocycles. The van der Waals surface area contributed by atoms with Gasteiger partial charge < -0.3 is 37.2 Å². The molecule has 1 aliphatic rings. The standard InChI is InChI=1S/C29H39Si.3ClH.Ti/c1-9-22(5)30(27-15-13-12-14-16-27,29(8)20-21(4)23(6)24(29)7)28-18-25(10-2)17-26(11-3)19-28;;;;/h12-19,22H,9-11H2,1-8H3;3*1H;/q-1;;;;+4/p-3. The van der Waals surface area contributed by atoms with Crippen LogP contribution in [0.4, 0.5) is 0 Å². The fraction of sp³-hybridized carbons (Fsp3) is 0.448. The summed E-state index contributed by atoms with van der Waals surface area (Å²) in [5, 5.41) is 3.09. The van der Waals surface area contributed by atoms with E-state index in [1.807, 2.05) is 0 Å². The van der Waals surface area contributed by atoms with Gasteiger partial charge in [0.05, 0.1) is 0 Å². The molecule has 0 saturated heterocycles. The van der Waals surface area contributed by atoms with Crippen molar-refractivity contribution in [1.82, 2.24) is 0 Å². The van der Waals surface area contributed by atoms with Gasteiger partial charge in [-0.15, -0.1) is 6.92 Å². The van der Waals surface area contributed by atoms with Gasteiger partial charge in [-0.25, -0.2) is 5.57 Å². The topological polar surface area (TPSA) is 0 Å². The minimum Gasteiger partial charge on any atom is -1.00 e. The first kappa shape index (κ1) is 35.9. The monoisotopic (exact) mass is 568 g/mol. The van der Waals surface area contributed by atoms with Crippen LogP contribution in [0.5, 0.6) is 0 Å². The predicted octanol–water partition coefficient (Wildman–Crippen LogP) is -1.96. The van der Waals surface area contributed by atoms with Crippen molar-refractivity contribution in [3.63, 3.8) is 0 Å². The molecule has 3 atom stereocenters. The maximum Gasteiger partial charge on any atom is 4.00 e. The van der Waals surface area contributed by atoms with Crippen LogP contribution in [0, 0.1) is 6.08 Å². The van der Waals surface area contributed by atoms with Crippen LogP contribution in [0.2, 0.25) is 10.6 Å². The van der Waals surface area contributed by atoms with Crippen molar-refractivity contribution in [2.75, 3.05) is 0 Å². The van der Waals surface area contributed by atoms with Gasteiger partial charge in [-0.05, 0) is 29.5 Å². The maximum atomic E-state index is 4.06. The maximum absolute atomic E-state index is 4.06. The molecule has 0 nitrogen and oxygen atoms in total. The second kappa shape index (κ2) is 14.5. The molecule has 2 aromatic carbocycles. The molecule has 0 fully saturated rings. The zero-order valence-corrected chi connectivity index (χ0v) is 26.8. The summed E-state index contributed by atoms with van der Waals surface area (Å²) in [5.74, 6) is 0. The zero-order chi connectivity index (χ0) is 22.1. The predicted molar refractivity (Wildman–Crippen MR) is 136 cm³/mol. The van der Waals surface area contributed by atoms with Gasteiger partial charge in [0.25, 0.3) is 0 Å². The first-order valence-electron chi connectivity index (χ1n) is 11.7. The van der Waals surface area contributed by atoms with Crippen LogP contribution in [0.3, 0.4) is 0 Å². The Bertz CT molecular complexity index is 964. The van der Waals surface area contributed by atoms with Crippen molar-refractivity contribution in [2.24, 2.45) is 0 Å². The van der Waals surface area contributed by atoms with Crippen LogP contribution in [0.15, 0.2) is 65.3 Å². The average molecular weight is 570 g/mol. The molecular formula is C29H39Cl3SiTi. The number of hydrogen-bond donors (Lipinski definition) is 0. The van der Waals surface area contributed by atoms with Gasteiger partial charge in [0.2, 0.25) is 0 Å². The Morgan fingerprint density at radius 3 is 1.71 bits per heavy atom. The van der Waals surface area contributed by atoms with Crippen molar-refractivity contribution in [1.29, 1.82) is 0 Å². The minimum absolute atomic E-state index is 0. The average Bonchev–Trinajstić information content (AvgIpc) is 2.97. The SMILES string of the molecule is CCc1cc(CC)cc([Si](c2ccccc2)(C(C)CC)C2(C)[C-]=C(C)C(C)=C2C)c1.[Cl-].[Cl-].[Cl-].[Ti+4]. The summed E-state index contributed by atoms with van der Waals surface area (Å²) in [5.41, 5.74) is 7.85. The fourth-order valence-corrected chi connectivity index (χ4v) is 12.8. The summed E-state index contributed by atoms with van der Waals surface area (Å²) in [6, 6.07) is 19.0. The molecule has 0 aliphatic heterocycles.